The standard InChI is InChI=1S/C15H16ClF3N2O2/c16-12-4-1-3-11(7-12)14-20-13(9-23-14)8-21(5-2-6-22)10-15(17,18)19/h1,3-4,7,9,22H,2,5-6,8,10H2. The Morgan fingerprint density at radius 3 is 2.74 bits per heavy atom. The summed E-state index contributed by atoms with van der Waals surface area (Å²) in [6.07, 6.45) is -2.72. The lowest BCUT2D eigenvalue weighted by molar-refractivity contribution is -0.147. The molecule has 0 aliphatic heterocycles. The van der Waals surface area contributed by atoms with Crippen molar-refractivity contribution in [1.29, 1.82) is 0 Å². The molecule has 126 valence electrons. The van der Waals surface area contributed by atoms with Crippen molar-refractivity contribution >= 4 is 11.6 Å². The molecule has 0 fully saturated rings. The van der Waals surface area contributed by atoms with Crippen molar-refractivity contribution in [3.05, 3.63) is 41.2 Å². The molecule has 0 aliphatic carbocycles. The number of aliphatic hydroxyl groups excluding tert-OH is 1. The molecular formula is C15H16ClF3N2O2. The van der Waals surface area contributed by atoms with E-state index >= 15 is 0 Å². The van der Waals surface area contributed by atoms with Crippen LogP contribution in [0.25, 0.3) is 11.5 Å². The molecule has 0 unspecified atom stereocenters. The van der Waals surface area contributed by atoms with Gasteiger partial charge in [0.1, 0.15) is 6.26 Å². The van der Waals surface area contributed by atoms with Gasteiger partial charge in [0.2, 0.25) is 5.89 Å². The number of halogens is 4. The Bertz CT molecular complexity index is 631. The maximum Gasteiger partial charge on any atom is 0.401 e. The number of aliphatic hydroxyl groups is 1. The molecule has 1 N–H and O–H groups in total. The summed E-state index contributed by atoms with van der Waals surface area (Å²) in [5, 5.41) is 9.32. The highest BCUT2D eigenvalue weighted by Crippen LogP contribution is 2.23. The van der Waals surface area contributed by atoms with Crippen molar-refractivity contribution in [3.63, 3.8) is 0 Å². The number of benzene rings is 1. The molecule has 0 atom stereocenters. The van der Waals surface area contributed by atoms with Gasteiger partial charge in [-0.2, -0.15) is 13.2 Å². The summed E-state index contributed by atoms with van der Waals surface area (Å²) in [7, 11) is 0. The molecule has 8 heteroatoms. The van der Waals surface area contributed by atoms with Crippen LogP contribution in [0.2, 0.25) is 5.02 Å². The molecule has 4 nitrogen and oxygen atoms in total. The molecule has 2 rings (SSSR count). The van der Waals surface area contributed by atoms with Gasteiger partial charge in [0.15, 0.2) is 0 Å². The Morgan fingerprint density at radius 2 is 2.09 bits per heavy atom. The van der Waals surface area contributed by atoms with E-state index in [2.05, 4.69) is 4.98 Å². The Balaban J connectivity index is 2.08. The Morgan fingerprint density at radius 1 is 1.30 bits per heavy atom. The largest absolute Gasteiger partial charge is 0.444 e. The summed E-state index contributed by atoms with van der Waals surface area (Å²) in [5.41, 5.74) is 1.05. The van der Waals surface area contributed by atoms with Gasteiger partial charge in [-0.25, -0.2) is 4.98 Å². The highest BCUT2D eigenvalue weighted by Gasteiger charge is 2.30. The van der Waals surface area contributed by atoms with Crippen molar-refractivity contribution in [2.45, 2.75) is 19.1 Å². The molecular weight excluding hydrogens is 333 g/mol. The first kappa shape index (κ1) is 17.8. The van der Waals surface area contributed by atoms with E-state index in [1.165, 1.54) is 11.2 Å². The first-order chi connectivity index (χ1) is 10.9. The second-order valence-electron chi connectivity index (χ2n) is 5.06. The van der Waals surface area contributed by atoms with Crippen LogP contribution in [0.15, 0.2) is 34.9 Å². The molecule has 1 aromatic heterocycles. The molecule has 0 saturated carbocycles. The zero-order chi connectivity index (χ0) is 16.9. The smallest absolute Gasteiger partial charge is 0.401 e. The van der Waals surface area contributed by atoms with Crippen LogP contribution in [-0.4, -0.2) is 40.9 Å². The van der Waals surface area contributed by atoms with E-state index in [4.69, 9.17) is 21.1 Å². The zero-order valence-electron chi connectivity index (χ0n) is 12.2. The van der Waals surface area contributed by atoms with Gasteiger partial charge in [-0.3, -0.25) is 4.90 Å². The third-order valence-electron chi connectivity index (χ3n) is 3.04. The third-order valence-corrected chi connectivity index (χ3v) is 3.28. The lowest BCUT2D eigenvalue weighted by atomic mass is 10.2. The lowest BCUT2D eigenvalue weighted by Gasteiger charge is -2.22. The molecule has 23 heavy (non-hydrogen) atoms. The van der Waals surface area contributed by atoms with Crippen LogP contribution in [0.5, 0.6) is 0 Å². The van der Waals surface area contributed by atoms with Gasteiger partial charge in [-0.1, -0.05) is 17.7 Å². The van der Waals surface area contributed by atoms with Crippen LogP contribution in [0.4, 0.5) is 13.2 Å². The molecule has 0 spiro atoms. The summed E-state index contributed by atoms with van der Waals surface area (Å²) in [5.74, 6) is 0.302. The van der Waals surface area contributed by atoms with E-state index in [0.29, 0.717) is 22.2 Å². The van der Waals surface area contributed by atoms with Gasteiger partial charge in [0.25, 0.3) is 0 Å². The number of aromatic nitrogens is 1. The normalized spacial score (nSPS) is 12.1. The number of rotatable bonds is 7. The van der Waals surface area contributed by atoms with E-state index < -0.39 is 12.7 Å². The van der Waals surface area contributed by atoms with Crippen LogP contribution < -0.4 is 0 Å². The number of hydrogen-bond acceptors (Lipinski definition) is 4. The monoisotopic (exact) mass is 348 g/mol. The fourth-order valence-electron chi connectivity index (χ4n) is 2.12. The minimum Gasteiger partial charge on any atom is -0.444 e. The highest BCUT2D eigenvalue weighted by molar-refractivity contribution is 6.30. The first-order valence-corrected chi connectivity index (χ1v) is 7.35. The summed E-state index contributed by atoms with van der Waals surface area (Å²) in [6, 6.07) is 6.85. The Hall–Kier alpha value is -1.57. The number of nitrogens with zero attached hydrogens (tertiary/aromatic N) is 2. The first-order valence-electron chi connectivity index (χ1n) is 6.98. The minimum absolute atomic E-state index is 0.0103. The Labute approximate surface area is 136 Å². The predicted octanol–water partition coefficient (Wildman–Crippen LogP) is 3.74. The van der Waals surface area contributed by atoms with E-state index in [9.17, 15) is 13.2 Å². The minimum atomic E-state index is -4.31. The number of alkyl halides is 3. The van der Waals surface area contributed by atoms with Crippen molar-refractivity contribution in [2.24, 2.45) is 0 Å². The second-order valence-corrected chi connectivity index (χ2v) is 5.49. The van der Waals surface area contributed by atoms with Crippen molar-refractivity contribution in [3.8, 4) is 11.5 Å². The predicted molar refractivity (Wildman–Crippen MR) is 80.0 cm³/mol. The lowest BCUT2D eigenvalue weighted by Crippen LogP contribution is -2.35. The quantitative estimate of drug-likeness (QED) is 0.828. The van der Waals surface area contributed by atoms with Crippen LogP contribution in [0, 0.1) is 0 Å². The van der Waals surface area contributed by atoms with Gasteiger partial charge in [-0.05, 0) is 24.6 Å². The van der Waals surface area contributed by atoms with Crippen LogP contribution >= 0.6 is 11.6 Å². The second kappa shape index (κ2) is 7.81. The van der Waals surface area contributed by atoms with Gasteiger partial charge in [0, 0.05) is 30.3 Å². The molecule has 0 amide bonds. The zero-order valence-corrected chi connectivity index (χ0v) is 12.9. The summed E-state index contributed by atoms with van der Waals surface area (Å²) in [6.45, 7) is -1.12. The third kappa shape index (κ3) is 5.85. The summed E-state index contributed by atoms with van der Waals surface area (Å²) in [4.78, 5) is 5.38. The molecule has 0 aliphatic rings. The summed E-state index contributed by atoms with van der Waals surface area (Å²) >= 11 is 5.89. The maximum absolute atomic E-state index is 12.6. The molecule has 2 aromatic rings. The maximum atomic E-state index is 12.6. The van der Waals surface area contributed by atoms with E-state index in [1.54, 1.807) is 24.3 Å². The number of oxazole rings is 1. The summed E-state index contributed by atoms with van der Waals surface area (Å²) < 4.78 is 43.1. The number of hydrogen-bond donors (Lipinski definition) is 1. The topological polar surface area (TPSA) is 49.5 Å². The van der Waals surface area contributed by atoms with E-state index in [-0.39, 0.29) is 26.1 Å². The fourth-order valence-corrected chi connectivity index (χ4v) is 2.31. The van der Waals surface area contributed by atoms with Gasteiger partial charge < -0.3 is 9.52 Å². The van der Waals surface area contributed by atoms with Crippen molar-refractivity contribution in [1.82, 2.24) is 9.88 Å². The molecule has 0 bridgehead atoms. The molecule has 1 heterocycles. The van der Waals surface area contributed by atoms with E-state index in [0.717, 1.165) is 0 Å². The molecule has 1 aromatic carbocycles. The highest BCUT2D eigenvalue weighted by atomic mass is 35.5. The van der Waals surface area contributed by atoms with Gasteiger partial charge in [0.05, 0.1) is 12.2 Å². The van der Waals surface area contributed by atoms with Crippen LogP contribution in [-0.2, 0) is 6.54 Å². The average molecular weight is 349 g/mol. The Kier molecular flexibility index (Phi) is 6.04. The molecule has 0 saturated heterocycles. The van der Waals surface area contributed by atoms with Crippen molar-refractivity contribution in [2.75, 3.05) is 19.7 Å². The average Bonchev–Trinajstić information content (AvgIpc) is 2.92. The van der Waals surface area contributed by atoms with Gasteiger partial charge >= 0.3 is 6.18 Å². The van der Waals surface area contributed by atoms with Crippen LogP contribution in [0.3, 0.4) is 0 Å². The van der Waals surface area contributed by atoms with Crippen molar-refractivity contribution < 1.29 is 22.7 Å². The van der Waals surface area contributed by atoms with Crippen LogP contribution in [0.1, 0.15) is 12.1 Å². The SMILES string of the molecule is OCCCN(Cc1coc(-c2cccc(Cl)c2)n1)CC(F)(F)F. The van der Waals surface area contributed by atoms with Gasteiger partial charge in [-0.15, -0.1) is 0 Å². The molecule has 0 radical (unpaired) electrons. The fraction of sp³-hybridized carbons (Fsp3) is 0.400. The van der Waals surface area contributed by atoms with E-state index in [1.807, 2.05) is 0 Å².